The van der Waals surface area contributed by atoms with E-state index in [4.69, 9.17) is 11.6 Å². The molecule has 0 spiro atoms. The average Bonchev–Trinajstić information content (AvgIpc) is 3.26. The normalized spacial score (nSPS) is 15.3. The lowest BCUT2D eigenvalue weighted by Crippen LogP contribution is -2.50. The number of aryl methyl sites for hydroxylation is 2. The number of carbonyl (C=O) groups is 1. The van der Waals surface area contributed by atoms with Crippen LogP contribution >= 0.6 is 22.9 Å². The Hall–Kier alpha value is -2.26. The topological polar surface area (TPSA) is 70.6 Å². The molecule has 0 aliphatic carbocycles. The summed E-state index contributed by atoms with van der Waals surface area (Å²) in [5.41, 5.74) is 3.27. The second-order valence-corrected chi connectivity index (χ2v) is 10.7. The number of hydrogen-bond acceptors (Lipinski definition) is 5. The van der Waals surface area contributed by atoms with Crippen LogP contribution in [0.15, 0.2) is 52.7 Å². The molecular formula is C22H22ClN3O3S2. The largest absolute Gasteiger partial charge is 0.335 e. The summed E-state index contributed by atoms with van der Waals surface area (Å²) in [7, 11) is -3.58. The summed E-state index contributed by atoms with van der Waals surface area (Å²) in [6, 6.07) is 12.5. The van der Waals surface area contributed by atoms with Crippen molar-refractivity contribution in [3.8, 4) is 10.6 Å². The van der Waals surface area contributed by atoms with Crippen LogP contribution in [-0.2, 0) is 10.0 Å². The molecule has 0 unspecified atom stereocenters. The van der Waals surface area contributed by atoms with E-state index in [1.165, 1.54) is 15.6 Å². The van der Waals surface area contributed by atoms with Crippen LogP contribution in [0, 0.1) is 13.8 Å². The highest BCUT2D eigenvalue weighted by Crippen LogP contribution is 2.26. The van der Waals surface area contributed by atoms with Crippen LogP contribution in [0.1, 0.15) is 21.6 Å². The number of hydrogen-bond donors (Lipinski definition) is 0. The van der Waals surface area contributed by atoms with Crippen LogP contribution in [0.3, 0.4) is 0 Å². The van der Waals surface area contributed by atoms with Gasteiger partial charge in [-0.1, -0.05) is 29.8 Å². The minimum Gasteiger partial charge on any atom is -0.335 e. The van der Waals surface area contributed by atoms with Crippen molar-refractivity contribution in [3.05, 3.63) is 69.7 Å². The van der Waals surface area contributed by atoms with Crippen LogP contribution in [-0.4, -0.2) is 54.7 Å². The van der Waals surface area contributed by atoms with Crippen molar-refractivity contribution in [2.45, 2.75) is 18.7 Å². The van der Waals surface area contributed by atoms with Gasteiger partial charge in [0.05, 0.1) is 4.90 Å². The molecule has 6 nitrogen and oxygen atoms in total. The number of halogens is 1. The zero-order valence-corrected chi connectivity index (χ0v) is 19.6. The summed E-state index contributed by atoms with van der Waals surface area (Å²) in [6.07, 6.45) is 0. The zero-order valence-electron chi connectivity index (χ0n) is 17.2. The summed E-state index contributed by atoms with van der Waals surface area (Å²) in [4.78, 5) is 19.3. The fraction of sp³-hybridized carbons (Fsp3) is 0.273. The van der Waals surface area contributed by atoms with Crippen molar-refractivity contribution >= 4 is 38.9 Å². The molecule has 162 valence electrons. The van der Waals surface area contributed by atoms with E-state index in [1.807, 2.05) is 32.0 Å². The third-order valence-electron chi connectivity index (χ3n) is 5.46. The van der Waals surface area contributed by atoms with Crippen LogP contribution < -0.4 is 0 Å². The van der Waals surface area contributed by atoms with E-state index in [2.05, 4.69) is 4.98 Å². The fourth-order valence-corrected chi connectivity index (χ4v) is 5.85. The molecular weight excluding hydrogens is 454 g/mol. The van der Waals surface area contributed by atoms with Gasteiger partial charge in [-0.3, -0.25) is 4.79 Å². The lowest BCUT2D eigenvalue weighted by atomic mass is 10.1. The van der Waals surface area contributed by atoms with Crippen molar-refractivity contribution in [1.82, 2.24) is 14.2 Å². The number of carbonyl (C=O) groups excluding carboxylic acids is 1. The number of piperazine rings is 1. The van der Waals surface area contributed by atoms with Crippen LogP contribution in [0.4, 0.5) is 0 Å². The molecule has 0 saturated carbocycles. The number of aromatic nitrogens is 1. The van der Waals surface area contributed by atoms with E-state index < -0.39 is 10.0 Å². The number of thiazole rings is 1. The van der Waals surface area contributed by atoms with E-state index in [0.29, 0.717) is 28.7 Å². The van der Waals surface area contributed by atoms with Crippen LogP contribution in [0.25, 0.3) is 10.6 Å². The monoisotopic (exact) mass is 475 g/mol. The Morgan fingerprint density at radius 1 is 1.00 bits per heavy atom. The summed E-state index contributed by atoms with van der Waals surface area (Å²) in [5.74, 6) is -0.181. The molecule has 0 N–H and O–H groups in total. The van der Waals surface area contributed by atoms with Crippen molar-refractivity contribution in [2.24, 2.45) is 0 Å². The third-order valence-corrected chi connectivity index (χ3v) is 8.49. The van der Waals surface area contributed by atoms with E-state index in [9.17, 15) is 13.2 Å². The second kappa shape index (κ2) is 8.70. The Balaban J connectivity index is 1.43. The first kappa shape index (κ1) is 22.0. The predicted octanol–water partition coefficient (Wildman–Crippen LogP) is 4.23. The molecule has 0 atom stereocenters. The highest BCUT2D eigenvalue weighted by molar-refractivity contribution is 7.89. The number of nitrogens with zero attached hydrogens (tertiary/aromatic N) is 3. The molecule has 31 heavy (non-hydrogen) atoms. The van der Waals surface area contributed by atoms with Crippen molar-refractivity contribution < 1.29 is 13.2 Å². The second-order valence-electron chi connectivity index (χ2n) is 7.49. The standard InChI is InChI=1S/C22H22ClN3O3S2/c1-15-3-8-19(13-16(15)2)31(28,29)26-11-9-25(10-12-26)22(27)20-14-30-21(24-20)17-4-6-18(23)7-5-17/h3-8,13-14H,9-12H2,1-2H3. The number of amides is 1. The maximum atomic E-state index is 13.0. The third kappa shape index (κ3) is 4.52. The maximum Gasteiger partial charge on any atom is 0.273 e. The van der Waals surface area contributed by atoms with Gasteiger partial charge in [0.1, 0.15) is 10.7 Å². The van der Waals surface area contributed by atoms with Gasteiger partial charge >= 0.3 is 0 Å². The van der Waals surface area contributed by atoms with Crippen LogP contribution in [0.2, 0.25) is 5.02 Å². The molecule has 1 amide bonds. The first-order valence-electron chi connectivity index (χ1n) is 9.84. The van der Waals surface area contributed by atoms with Gasteiger partial charge in [-0.15, -0.1) is 11.3 Å². The molecule has 1 saturated heterocycles. The summed E-state index contributed by atoms with van der Waals surface area (Å²) in [5, 5.41) is 3.13. The molecule has 0 radical (unpaired) electrons. The molecule has 9 heteroatoms. The Labute approximate surface area is 191 Å². The molecule has 4 rings (SSSR count). The van der Waals surface area contributed by atoms with Crippen LogP contribution in [0.5, 0.6) is 0 Å². The average molecular weight is 476 g/mol. The molecule has 3 aromatic rings. The number of sulfonamides is 1. The smallest absolute Gasteiger partial charge is 0.273 e. The lowest BCUT2D eigenvalue weighted by Gasteiger charge is -2.33. The van der Waals surface area contributed by atoms with Gasteiger partial charge in [0, 0.05) is 42.1 Å². The Bertz CT molecular complexity index is 1220. The van der Waals surface area contributed by atoms with Gasteiger partial charge in [-0.05, 0) is 49.2 Å². The van der Waals surface area contributed by atoms with E-state index >= 15 is 0 Å². The molecule has 2 aromatic carbocycles. The summed E-state index contributed by atoms with van der Waals surface area (Å²) < 4.78 is 27.4. The minimum atomic E-state index is -3.58. The van der Waals surface area contributed by atoms with E-state index in [-0.39, 0.29) is 19.0 Å². The lowest BCUT2D eigenvalue weighted by molar-refractivity contribution is 0.0693. The molecule has 1 fully saturated rings. The molecule has 1 aliphatic rings. The number of rotatable bonds is 4. The maximum absolute atomic E-state index is 13.0. The van der Waals surface area contributed by atoms with Gasteiger partial charge in [0.2, 0.25) is 10.0 Å². The summed E-state index contributed by atoms with van der Waals surface area (Å²) >= 11 is 7.33. The van der Waals surface area contributed by atoms with Gasteiger partial charge in [0.25, 0.3) is 5.91 Å². The molecule has 1 aromatic heterocycles. The number of benzene rings is 2. The highest BCUT2D eigenvalue weighted by atomic mass is 35.5. The Morgan fingerprint density at radius 3 is 2.32 bits per heavy atom. The Morgan fingerprint density at radius 2 is 1.68 bits per heavy atom. The van der Waals surface area contributed by atoms with Crippen molar-refractivity contribution in [1.29, 1.82) is 0 Å². The summed E-state index contributed by atoms with van der Waals surface area (Å²) in [6.45, 7) is 5.03. The first-order chi connectivity index (χ1) is 14.8. The van der Waals surface area contributed by atoms with Gasteiger partial charge in [-0.2, -0.15) is 4.31 Å². The highest BCUT2D eigenvalue weighted by Gasteiger charge is 2.31. The van der Waals surface area contributed by atoms with Gasteiger partial charge in [-0.25, -0.2) is 13.4 Å². The molecule has 1 aliphatic heterocycles. The predicted molar refractivity (Wildman–Crippen MR) is 123 cm³/mol. The van der Waals surface area contributed by atoms with Gasteiger partial charge < -0.3 is 4.90 Å². The quantitative estimate of drug-likeness (QED) is 0.566. The first-order valence-corrected chi connectivity index (χ1v) is 12.5. The van der Waals surface area contributed by atoms with E-state index in [0.717, 1.165) is 21.7 Å². The Kier molecular flexibility index (Phi) is 6.16. The van der Waals surface area contributed by atoms with Crippen molar-refractivity contribution in [3.63, 3.8) is 0 Å². The van der Waals surface area contributed by atoms with Gasteiger partial charge in [0.15, 0.2) is 0 Å². The van der Waals surface area contributed by atoms with E-state index in [1.54, 1.807) is 34.5 Å². The zero-order chi connectivity index (χ0) is 22.2. The SMILES string of the molecule is Cc1ccc(S(=O)(=O)N2CCN(C(=O)c3csc(-c4ccc(Cl)cc4)n3)CC2)cc1C. The molecule has 2 heterocycles. The minimum absolute atomic E-state index is 0.181. The molecule has 0 bridgehead atoms. The van der Waals surface area contributed by atoms with Crippen molar-refractivity contribution in [2.75, 3.05) is 26.2 Å². The fourth-order valence-electron chi connectivity index (χ4n) is 3.41.